The summed E-state index contributed by atoms with van der Waals surface area (Å²) in [7, 11) is 0. The normalized spacial score (nSPS) is 27.3. The van der Waals surface area contributed by atoms with Crippen LogP contribution in [-0.2, 0) is 23.9 Å². The van der Waals surface area contributed by atoms with E-state index in [-0.39, 0.29) is 38.1 Å². The van der Waals surface area contributed by atoms with Crippen LogP contribution in [0.15, 0.2) is 43.5 Å². The van der Waals surface area contributed by atoms with E-state index in [9.17, 15) is 19.5 Å². The molecule has 3 heterocycles. The molecule has 0 aromatic heterocycles. The number of hydrogen-bond acceptors (Lipinski definition) is 6. The van der Waals surface area contributed by atoms with Gasteiger partial charge < -0.3 is 24.4 Å². The third-order valence-electron chi connectivity index (χ3n) is 7.95. The van der Waals surface area contributed by atoms with E-state index in [1.165, 1.54) is 4.90 Å². The summed E-state index contributed by atoms with van der Waals surface area (Å²) in [5.74, 6) is -2.67. The fraction of sp³-hybridized carbons (Fsp3) is 0.552. The van der Waals surface area contributed by atoms with Gasteiger partial charge in [0.1, 0.15) is 11.6 Å². The zero-order chi connectivity index (χ0) is 27.4. The maximum absolute atomic E-state index is 14.4. The fourth-order valence-corrected chi connectivity index (χ4v) is 6.70. The predicted molar refractivity (Wildman–Crippen MR) is 145 cm³/mol. The van der Waals surface area contributed by atoms with E-state index < -0.39 is 35.6 Å². The molecule has 38 heavy (non-hydrogen) atoms. The summed E-state index contributed by atoms with van der Waals surface area (Å²) < 4.78 is 12.0. The van der Waals surface area contributed by atoms with Crippen LogP contribution in [0.25, 0.3) is 0 Å². The molecule has 3 aliphatic rings. The Morgan fingerprint density at radius 1 is 1.29 bits per heavy atom. The van der Waals surface area contributed by atoms with Crippen LogP contribution in [0.5, 0.6) is 0 Å². The van der Waals surface area contributed by atoms with Crippen LogP contribution in [0.1, 0.15) is 44.1 Å². The van der Waals surface area contributed by atoms with E-state index >= 15 is 0 Å². The van der Waals surface area contributed by atoms with Gasteiger partial charge in [0, 0.05) is 19.7 Å². The summed E-state index contributed by atoms with van der Waals surface area (Å²) in [6.07, 6.45) is 6.71. The zero-order valence-electron chi connectivity index (χ0n) is 21.9. The number of para-hydroxylation sites is 1. The Bertz CT molecular complexity index is 1070. The number of ether oxygens (including phenoxy) is 2. The van der Waals surface area contributed by atoms with Crippen molar-refractivity contribution in [2.24, 2.45) is 11.8 Å². The number of fused-ring (bicyclic) bond motifs is 1. The van der Waals surface area contributed by atoms with E-state index in [0.717, 1.165) is 18.4 Å². The molecule has 9 heteroatoms. The minimum absolute atomic E-state index is 0.137. The molecule has 1 aromatic rings. The molecule has 0 radical (unpaired) electrons. The molecule has 1 spiro atoms. The molecule has 5 atom stereocenters. The Morgan fingerprint density at radius 2 is 2.08 bits per heavy atom. The number of esters is 1. The third kappa shape index (κ3) is 4.90. The first kappa shape index (κ1) is 28.3. The second-order valence-corrected chi connectivity index (χ2v) is 10.7. The smallest absolute Gasteiger partial charge is 0.312 e. The van der Waals surface area contributed by atoms with Crippen LogP contribution >= 0.6 is 11.6 Å². The molecular formula is C29H37ClN2O6. The lowest BCUT2D eigenvalue weighted by Gasteiger charge is -2.37. The topological polar surface area (TPSA) is 96.4 Å². The van der Waals surface area contributed by atoms with Gasteiger partial charge in [0.2, 0.25) is 5.91 Å². The lowest BCUT2D eigenvalue weighted by Crippen LogP contribution is -2.56. The molecular weight excluding hydrogens is 508 g/mol. The first-order valence-electron chi connectivity index (χ1n) is 13.4. The number of aliphatic hydroxyl groups excluding tert-OH is 1. The van der Waals surface area contributed by atoms with Crippen molar-refractivity contribution >= 4 is 35.1 Å². The van der Waals surface area contributed by atoms with Gasteiger partial charge in [-0.1, -0.05) is 35.9 Å². The number of benzene rings is 1. The number of allylic oxidation sites excluding steroid dienone is 1. The van der Waals surface area contributed by atoms with Crippen molar-refractivity contribution < 1.29 is 29.0 Å². The highest BCUT2D eigenvalue weighted by atomic mass is 35.5. The first-order chi connectivity index (χ1) is 18.3. The van der Waals surface area contributed by atoms with Crippen LogP contribution in [0.2, 0.25) is 5.02 Å². The van der Waals surface area contributed by atoms with Crippen molar-refractivity contribution in [2.45, 2.75) is 63.2 Å². The van der Waals surface area contributed by atoms with Gasteiger partial charge in [-0.3, -0.25) is 14.4 Å². The van der Waals surface area contributed by atoms with E-state index in [0.29, 0.717) is 36.4 Å². The predicted octanol–water partition coefficient (Wildman–Crippen LogP) is 3.82. The quantitative estimate of drug-likeness (QED) is 0.230. The Hall–Kier alpha value is -2.68. The molecule has 1 N–H and O–H groups in total. The Labute approximate surface area is 229 Å². The molecule has 0 saturated carbocycles. The standard InChI is InChI=1S/C29H37ClN2O6/c1-4-6-7-8-18-37-28(36)22-21-13-14-29(38-21)23(22)26(34)32(16-10-17-33)25(29)27(35)31(15-5-2)24-19(3)11-9-12-20(24)30/h4-5,9,11-12,21-23,25,33H,1-2,6-8,10,13-18H2,3H3/t21-,22+,23-,25?,29?/m0/s1. The van der Waals surface area contributed by atoms with Crippen LogP contribution in [0.3, 0.4) is 0 Å². The molecule has 3 aliphatic heterocycles. The number of hydrogen-bond donors (Lipinski definition) is 1. The van der Waals surface area contributed by atoms with Crippen molar-refractivity contribution in [3.8, 4) is 0 Å². The zero-order valence-corrected chi connectivity index (χ0v) is 22.7. The highest BCUT2D eigenvalue weighted by Gasteiger charge is 2.75. The largest absolute Gasteiger partial charge is 0.465 e. The summed E-state index contributed by atoms with van der Waals surface area (Å²) in [6.45, 7) is 9.88. The molecule has 4 rings (SSSR count). The van der Waals surface area contributed by atoms with Crippen molar-refractivity contribution in [3.63, 3.8) is 0 Å². The van der Waals surface area contributed by atoms with E-state index in [2.05, 4.69) is 13.2 Å². The molecule has 2 bridgehead atoms. The van der Waals surface area contributed by atoms with E-state index in [1.807, 2.05) is 25.1 Å². The molecule has 3 fully saturated rings. The number of likely N-dealkylation sites (tertiary alicyclic amines) is 1. The number of amides is 2. The van der Waals surface area contributed by atoms with E-state index in [1.54, 1.807) is 17.0 Å². The summed E-state index contributed by atoms with van der Waals surface area (Å²) in [4.78, 5) is 44.6. The fourth-order valence-electron chi connectivity index (χ4n) is 6.37. The number of aliphatic hydroxyl groups is 1. The summed E-state index contributed by atoms with van der Waals surface area (Å²) in [5, 5.41) is 9.95. The van der Waals surface area contributed by atoms with Crippen molar-refractivity contribution in [3.05, 3.63) is 54.1 Å². The molecule has 0 aliphatic carbocycles. The Morgan fingerprint density at radius 3 is 2.76 bits per heavy atom. The van der Waals surface area contributed by atoms with Crippen LogP contribution in [-0.4, -0.2) is 71.8 Å². The highest BCUT2D eigenvalue weighted by molar-refractivity contribution is 6.34. The average Bonchev–Trinajstić information content (AvgIpc) is 3.53. The second kappa shape index (κ2) is 12.0. The van der Waals surface area contributed by atoms with Gasteiger partial charge in [0.25, 0.3) is 5.91 Å². The lowest BCUT2D eigenvalue weighted by molar-refractivity contribution is -0.155. The maximum Gasteiger partial charge on any atom is 0.312 e. The molecule has 1 aromatic carbocycles. The summed E-state index contributed by atoms with van der Waals surface area (Å²) in [6, 6.07) is 4.44. The van der Waals surface area contributed by atoms with E-state index in [4.69, 9.17) is 21.1 Å². The molecule has 8 nitrogen and oxygen atoms in total. The number of anilines is 1. The number of nitrogens with zero attached hydrogens (tertiary/aromatic N) is 2. The van der Waals surface area contributed by atoms with Gasteiger partial charge in [-0.15, -0.1) is 13.2 Å². The Kier molecular flexibility index (Phi) is 8.96. The van der Waals surface area contributed by atoms with Crippen molar-refractivity contribution in [1.29, 1.82) is 0 Å². The van der Waals surface area contributed by atoms with Gasteiger partial charge in [0.15, 0.2) is 0 Å². The second-order valence-electron chi connectivity index (χ2n) is 10.3. The van der Waals surface area contributed by atoms with Gasteiger partial charge in [0.05, 0.1) is 35.3 Å². The van der Waals surface area contributed by atoms with Gasteiger partial charge in [-0.05, 0) is 57.1 Å². The average molecular weight is 545 g/mol. The molecule has 206 valence electrons. The van der Waals surface area contributed by atoms with Gasteiger partial charge in [-0.2, -0.15) is 0 Å². The number of carbonyl (C=O) groups excluding carboxylic acids is 3. The minimum atomic E-state index is -1.14. The summed E-state index contributed by atoms with van der Waals surface area (Å²) in [5.41, 5.74) is 0.217. The number of aryl methyl sites for hydroxylation is 1. The van der Waals surface area contributed by atoms with Crippen molar-refractivity contribution in [2.75, 3.05) is 31.2 Å². The SMILES string of the molecule is C=CCCCCOC(=O)[C@@H]1[C@@H]2CCC3(O2)C(C(=O)N(CC=C)c2c(C)cccc2Cl)N(CCCO)C(=O)[C@H]13. The third-order valence-corrected chi connectivity index (χ3v) is 8.25. The van der Waals surface area contributed by atoms with Crippen molar-refractivity contribution in [1.82, 2.24) is 4.90 Å². The molecule has 2 unspecified atom stereocenters. The highest BCUT2D eigenvalue weighted by Crippen LogP contribution is 2.59. The van der Waals surface area contributed by atoms with Crippen LogP contribution < -0.4 is 4.90 Å². The number of unbranched alkanes of at least 4 members (excludes halogenated alkanes) is 2. The molecule has 3 saturated heterocycles. The first-order valence-corrected chi connectivity index (χ1v) is 13.7. The minimum Gasteiger partial charge on any atom is -0.465 e. The summed E-state index contributed by atoms with van der Waals surface area (Å²) >= 11 is 6.55. The maximum atomic E-state index is 14.4. The lowest BCUT2D eigenvalue weighted by atomic mass is 9.70. The molecule has 2 amide bonds. The van der Waals surface area contributed by atoms with Crippen LogP contribution in [0.4, 0.5) is 5.69 Å². The number of carbonyl (C=O) groups is 3. The monoisotopic (exact) mass is 544 g/mol. The van der Waals surface area contributed by atoms with Gasteiger partial charge in [-0.25, -0.2) is 0 Å². The van der Waals surface area contributed by atoms with Crippen LogP contribution in [0, 0.1) is 18.8 Å². The number of halogens is 1. The Balaban J connectivity index is 1.68. The van der Waals surface area contributed by atoms with Gasteiger partial charge >= 0.3 is 5.97 Å². The number of rotatable bonds is 13.